The van der Waals surface area contributed by atoms with Gasteiger partial charge in [-0.1, -0.05) is 0 Å². The van der Waals surface area contributed by atoms with E-state index in [1.165, 1.54) is 0 Å². The number of halogens is 3. The van der Waals surface area contributed by atoms with Crippen LogP contribution in [0.2, 0.25) is 0 Å². The van der Waals surface area contributed by atoms with Gasteiger partial charge >= 0.3 is 0 Å². The summed E-state index contributed by atoms with van der Waals surface area (Å²) in [6.07, 6.45) is 0. The molecule has 1 nitrogen and oxygen atoms in total. The van der Waals surface area contributed by atoms with Gasteiger partial charge in [0.15, 0.2) is 0 Å². The van der Waals surface area contributed by atoms with E-state index in [0.717, 1.165) is 0 Å². The first-order valence-corrected chi connectivity index (χ1v) is 1.89. The van der Waals surface area contributed by atoms with E-state index in [4.69, 9.17) is 23.2 Å². The van der Waals surface area contributed by atoms with Crippen LogP contribution in [0.5, 0.6) is 0 Å². The highest BCUT2D eigenvalue weighted by molar-refractivity contribution is 6.43. The highest BCUT2D eigenvalue weighted by Crippen LogP contribution is 1.95. The smallest absolute Gasteiger partial charge is 0.105 e. The summed E-state index contributed by atoms with van der Waals surface area (Å²) in [5, 5.41) is 0. The van der Waals surface area contributed by atoms with Crippen LogP contribution in [0, 0.1) is 0 Å². The van der Waals surface area contributed by atoms with Crippen LogP contribution in [0.3, 0.4) is 0 Å². The molecule has 0 aliphatic rings. The van der Waals surface area contributed by atoms with Crippen molar-refractivity contribution in [2.24, 2.45) is 0 Å². The summed E-state index contributed by atoms with van der Waals surface area (Å²) in [7, 11) is 0. The van der Waals surface area contributed by atoms with E-state index >= 15 is 0 Å². The minimum atomic E-state index is -0.222. The van der Waals surface area contributed by atoms with Crippen molar-refractivity contribution in [1.29, 1.82) is 0 Å². The van der Waals surface area contributed by atoms with Gasteiger partial charge in [-0.2, -0.15) is 0 Å². The Kier molecular flexibility index (Phi) is 24.3. The van der Waals surface area contributed by atoms with Crippen LogP contribution in [0.1, 0.15) is 6.92 Å². The molecule has 0 fully saturated rings. The first kappa shape index (κ1) is 16.1. The van der Waals surface area contributed by atoms with E-state index < -0.39 is 0 Å². The van der Waals surface area contributed by atoms with Crippen LogP contribution in [-0.2, 0) is 0 Å². The number of alkyl halides is 2. The molecule has 0 radical (unpaired) electrons. The van der Waals surface area contributed by atoms with Crippen LogP contribution in [0.4, 0.5) is 4.70 Å². The monoisotopic (exact) mass is 136 g/mol. The Hall–Kier alpha value is 0.470. The third-order valence-electron chi connectivity index (χ3n) is 0. The van der Waals surface area contributed by atoms with E-state index in [-0.39, 0.29) is 15.0 Å². The molecular formula is C2H7Cl2FO. The Bertz CT molecular complexity index is 16.3. The molecule has 0 heterocycles. The Labute approximate surface area is 45.9 Å². The normalized spacial score (nSPS) is 6.00. The Morgan fingerprint density at radius 3 is 1.33 bits per heavy atom. The SMILES string of the molecule is CC(Cl)Cl.F.O. The topological polar surface area (TPSA) is 31.5 Å². The summed E-state index contributed by atoms with van der Waals surface area (Å²) in [4.78, 5) is -0.222. The zero-order valence-corrected chi connectivity index (χ0v) is 4.75. The van der Waals surface area contributed by atoms with Crippen molar-refractivity contribution in [3.05, 3.63) is 0 Å². The van der Waals surface area contributed by atoms with Gasteiger partial charge in [0.05, 0.1) is 0 Å². The van der Waals surface area contributed by atoms with Crippen molar-refractivity contribution in [3.8, 4) is 0 Å². The fourth-order valence-electron chi connectivity index (χ4n) is 0. The third kappa shape index (κ3) is 244. The molecule has 0 aromatic rings. The second-order valence-corrected chi connectivity index (χ2v) is 2.05. The standard InChI is InChI=1S/C2H4Cl2.FH.H2O/c1-2(3)4;;/h2H,1H3;1H;1H2. The van der Waals surface area contributed by atoms with E-state index in [1.807, 2.05) is 0 Å². The van der Waals surface area contributed by atoms with Gasteiger partial charge in [-0.05, 0) is 6.92 Å². The van der Waals surface area contributed by atoms with Gasteiger partial charge in [0, 0.05) is 0 Å². The summed E-state index contributed by atoms with van der Waals surface area (Å²) >= 11 is 10.1. The summed E-state index contributed by atoms with van der Waals surface area (Å²) in [5.41, 5.74) is 0. The molecule has 0 aromatic carbocycles. The van der Waals surface area contributed by atoms with Crippen LogP contribution >= 0.6 is 23.2 Å². The van der Waals surface area contributed by atoms with Gasteiger partial charge in [-0.3, -0.25) is 4.70 Å². The fraction of sp³-hybridized carbons (Fsp3) is 1.00. The average molecular weight is 137 g/mol. The van der Waals surface area contributed by atoms with Gasteiger partial charge < -0.3 is 5.48 Å². The molecule has 0 unspecified atom stereocenters. The molecule has 0 aliphatic carbocycles. The fourth-order valence-corrected chi connectivity index (χ4v) is 0. The molecule has 42 valence electrons. The summed E-state index contributed by atoms with van der Waals surface area (Å²) in [6, 6.07) is 0. The first-order chi connectivity index (χ1) is 1.73. The Balaban J connectivity index is -0.0000000450. The molecule has 0 rings (SSSR count). The highest BCUT2D eigenvalue weighted by Gasteiger charge is 1.75. The van der Waals surface area contributed by atoms with Gasteiger partial charge in [-0.25, -0.2) is 0 Å². The molecule has 0 aromatic heterocycles. The minimum Gasteiger partial charge on any atom is -0.412 e. The lowest BCUT2D eigenvalue weighted by molar-refractivity contribution is 0.824. The summed E-state index contributed by atoms with van der Waals surface area (Å²) in [5.74, 6) is 0. The quantitative estimate of drug-likeness (QED) is 0.448. The maximum atomic E-state index is 5.04. The van der Waals surface area contributed by atoms with Crippen molar-refractivity contribution in [3.63, 3.8) is 0 Å². The van der Waals surface area contributed by atoms with Crippen molar-refractivity contribution in [2.45, 2.75) is 11.8 Å². The van der Waals surface area contributed by atoms with Gasteiger partial charge in [-0.15, -0.1) is 23.2 Å². The Morgan fingerprint density at radius 1 is 1.33 bits per heavy atom. The van der Waals surface area contributed by atoms with Crippen LogP contribution in [0.25, 0.3) is 0 Å². The lowest BCUT2D eigenvalue weighted by Crippen LogP contribution is -1.63. The molecule has 6 heavy (non-hydrogen) atoms. The van der Waals surface area contributed by atoms with Crippen LogP contribution in [-0.4, -0.2) is 10.3 Å². The van der Waals surface area contributed by atoms with E-state index in [0.29, 0.717) is 0 Å². The molecule has 0 atom stereocenters. The molecule has 0 spiro atoms. The van der Waals surface area contributed by atoms with Crippen LogP contribution < -0.4 is 0 Å². The van der Waals surface area contributed by atoms with Gasteiger partial charge in [0.1, 0.15) is 4.84 Å². The minimum absolute atomic E-state index is 0. The lowest BCUT2D eigenvalue weighted by Gasteiger charge is -1.72. The second-order valence-electron chi connectivity index (χ2n) is 0.519. The molecular weight excluding hydrogens is 130 g/mol. The molecule has 0 bridgehead atoms. The van der Waals surface area contributed by atoms with Gasteiger partial charge in [0.25, 0.3) is 0 Å². The number of hydrogen-bond acceptors (Lipinski definition) is 0. The Morgan fingerprint density at radius 2 is 1.33 bits per heavy atom. The summed E-state index contributed by atoms with van der Waals surface area (Å²) < 4.78 is 0. The molecule has 0 saturated heterocycles. The van der Waals surface area contributed by atoms with Crippen molar-refractivity contribution in [1.82, 2.24) is 0 Å². The number of hydrogen-bond donors (Lipinski definition) is 0. The van der Waals surface area contributed by atoms with E-state index in [1.54, 1.807) is 6.92 Å². The van der Waals surface area contributed by atoms with Crippen LogP contribution in [0.15, 0.2) is 0 Å². The zero-order chi connectivity index (χ0) is 3.58. The molecule has 4 heteroatoms. The molecule has 2 N–H and O–H groups in total. The average Bonchev–Trinajstić information content (AvgIpc) is 0.811. The molecule has 0 saturated carbocycles. The lowest BCUT2D eigenvalue weighted by atomic mass is 11.0. The van der Waals surface area contributed by atoms with Crippen molar-refractivity contribution >= 4 is 23.2 Å². The van der Waals surface area contributed by atoms with Crippen molar-refractivity contribution < 1.29 is 10.2 Å². The maximum Gasteiger partial charge on any atom is 0.105 e. The largest absolute Gasteiger partial charge is 0.412 e. The highest BCUT2D eigenvalue weighted by atomic mass is 35.5. The predicted molar refractivity (Wildman–Crippen MR) is 27.3 cm³/mol. The first-order valence-electron chi connectivity index (χ1n) is 1.01. The van der Waals surface area contributed by atoms with E-state index in [9.17, 15) is 0 Å². The number of rotatable bonds is 0. The summed E-state index contributed by atoms with van der Waals surface area (Å²) in [6.45, 7) is 1.70. The third-order valence-corrected chi connectivity index (χ3v) is 0. The molecule has 0 aliphatic heterocycles. The van der Waals surface area contributed by atoms with E-state index in [2.05, 4.69) is 0 Å². The second kappa shape index (κ2) is 9.08. The maximum absolute atomic E-state index is 5.04. The predicted octanol–water partition coefficient (Wildman–Crippen LogP) is 1.14. The van der Waals surface area contributed by atoms with Gasteiger partial charge in [0.2, 0.25) is 0 Å². The zero-order valence-electron chi connectivity index (χ0n) is 3.24. The molecule has 0 amide bonds. The van der Waals surface area contributed by atoms with Crippen molar-refractivity contribution in [2.75, 3.05) is 0 Å².